The molecule has 112 valence electrons. The molecule has 20 heavy (non-hydrogen) atoms. The molecule has 0 amide bonds. The number of nitrogens with zero attached hydrogens (tertiary/aromatic N) is 1. The predicted molar refractivity (Wildman–Crippen MR) is 91.1 cm³/mol. The maximum Gasteiger partial charge on any atom is 0.0460 e. The predicted octanol–water partition coefficient (Wildman–Crippen LogP) is 5.95. The molecule has 0 N–H and O–H groups in total. The summed E-state index contributed by atoms with van der Waals surface area (Å²) in [6.07, 6.45) is 11.2. The molecule has 0 fully saturated rings. The average molecular weight is 273 g/mol. The second kappa shape index (κ2) is 7.06. The Hall–Kier alpha value is -1.11. The Kier molecular flexibility index (Phi) is 5.98. The number of rotatable bonds is 4. The van der Waals surface area contributed by atoms with Crippen molar-refractivity contribution < 1.29 is 0 Å². The summed E-state index contributed by atoms with van der Waals surface area (Å²) in [6, 6.07) is 0. The summed E-state index contributed by atoms with van der Waals surface area (Å²) in [6.45, 7) is 15.6. The Morgan fingerprint density at radius 2 is 2.05 bits per heavy atom. The van der Waals surface area contributed by atoms with Crippen LogP contribution in [0.4, 0.5) is 0 Å². The van der Waals surface area contributed by atoms with Gasteiger partial charge in [-0.25, -0.2) is 0 Å². The molecule has 0 aromatic rings. The fraction of sp³-hybridized carbons (Fsp3) is 0.632. The Morgan fingerprint density at radius 1 is 1.40 bits per heavy atom. The molecule has 1 nitrogen and oxygen atoms in total. The zero-order valence-electron chi connectivity index (χ0n) is 14.3. The Morgan fingerprint density at radius 3 is 2.55 bits per heavy atom. The molecule has 1 rings (SSSR count). The van der Waals surface area contributed by atoms with Crippen molar-refractivity contribution in [3.05, 3.63) is 35.6 Å². The zero-order valence-corrected chi connectivity index (χ0v) is 14.3. The summed E-state index contributed by atoms with van der Waals surface area (Å²) in [7, 11) is 0. The van der Waals surface area contributed by atoms with E-state index in [2.05, 4.69) is 72.8 Å². The Labute approximate surface area is 125 Å². The van der Waals surface area contributed by atoms with E-state index in [4.69, 9.17) is 4.99 Å². The van der Waals surface area contributed by atoms with Crippen molar-refractivity contribution in [3.8, 4) is 0 Å². The van der Waals surface area contributed by atoms with Crippen molar-refractivity contribution >= 4 is 5.71 Å². The molecule has 0 saturated heterocycles. The maximum atomic E-state index is 5.01. The number of hydrogen-bond acceptors (Lipinski definition) is 1. The summed E-state index contributed by atoms with van der Waals surface area (Å²) in [5.74, 6) is 1.15. The van der Waals surface area contributed by atoms with Gasteiger partial charge in [0.25, 0.3) is 0 Å². The third kappa shape index (κ3) is 4.77. The second-order valence-corrected chi connectivity index (χ2v) is 7.07. The number of allylic oxidation sites excluding steroid dienone is 6. The molecule has 0 aromatic heterocycles. The molecule has 2 unspecified atom stereocenters. The van der Waals surface area contributed by atoms with Crippen molar-refractivity contribution in [2.45, 2.75) is 61.3 Å². The fourth-order valence-electron chi connectivity index (χ4n) is 2.56. The van der Waals surface area contributed by atoms with Crippen molar-refractivity contribution in [2.75, 3.05) is 0 Å². The van der Waals surface area contributed by atoms with Gasteiger partial charge in [0.05, 0.1) is 0 Å². The molecule has 0 bridgehead atoms. The molecular formula is C19H31N. The topological polar surface area (TPSA) is 12.4 Å². The summed E-state index contributed by atoms with van der Waals surface area (Å²) >= 11 is 0. The van der Waals surface area contributed by atoms with E-state index in [1.165, 1.54) is 23.4 Å². The van der Waals surface area contributed by atoms with E-state index in [0.29, 0.717) is 11.8 Å². The summed E-state index contributed by atoms with van der Waals surface area (Å²) < 4.78 is 0. The monoisotopic (exact) mass is 273 g/mol. The summed E-state index contributed by atoms with van der Waals surface area (Å²) in [5, 5.41) is 0. The molecule has 0 heterocycles. The van der Waals surface area contributed by atoms with E-state index in [1.54, 1.807) is 0 Å². The van der Waals surface area contributed by atoms with E-state index in [-0.39, 0.29) is 5.41 Å². The van der Waals surface area contributed by atoms with Crippen LogP contribution in [-0.2, 0) is 0 Å². The van der Waals surface area contributed by atoms with Gasteiger partial charge in [-0.3, -0.25) is 4.99 Å². The highest BCUT2D eigenvalue weighted by atomic mass is 14.8. The lowest BCUT2D eigenvalue weighted by molar-refractivity contribution is 0.409. The third-order valence-corrected chi connectivity index (χ3v) is 4.06. The lowest BCUT2D eigenvalue weighted by atomic mass is 9.75. The third-order valence-electron chi connectivity index (χ3n) is 4.06. The van der Waals surface area contributed by atoms with Gasteiger partial charge < -0.3 is 0 Å². The van der Waals surface area contributed by atoms with Crippen molar-refractivity contribution in [1.29, 1.82) is 0 Å². The number of aliphatic imine (C=N–C) groups is 1. The van der Waals surface area contributed by atoms with Crippen LogP contribution >= 0.6 is 0 Å². The SMILES string of the molecule is CCC(C)C(=CC=C(C)C)N=C1C=CC(C)CC1(C)C. The van der Waals surface area contributed by atoms with Gasteiger partial charge in [0, 0.05) is 16.8 Å². The van der Waals surface area contributed by atoms with E-state index in [0.717, 1.165) is 6.42 Å². The quantitative estimate of drug-likeness (QED) is 0.562. The van der Waals surface area contributed by atoms with E-state index >= 15 is 0 Å². The molecule has 1 aliphatic rings. The highest BCUT2D eigenvalue weighted by Crippen LogP contribution is 2.34. The van der Waals surface area contributed by atoms with Crippen LogP contribution in [0.2, 0.25) is 0 Å². The molecule has 1 heteroatoms. The van der Waals surface area contributed by atoms with E-state index in [1.807, 2.05) is 0 Å². The van der Waals surface area contributed by atoms with Gasteiger partial charge in [0.2, 0.25) is 0 Å². The molecule has 0 saturated carbocycles. The van der Waals surface area contributed by atoms with Gasteiger partial charge >= 0.3 is 0 Å². The first kappa shape index (κ1) is 16.9. The van der Waals surface area contributed by atoms with Crippen LogP contribution in [0.25, 0.3) is 0 Å². The average Bonchev–Trinajstić information content (AvgIpc) is 2.34. The van der Waals surface area contributed by atoms with Crippen LogP contribution in [0.5, 0.6) is 0 Å². The smallest absolute Gasteiger partial charge is 0.0460 e. The zero-order chi connectivity index (χ0) is 15.3. The van der Waals surface area contributed by atoms with E-state index in [9.17, 15) is 0 Å². The van der Waals surface area contributed by atoms with Crippen molar-refractivity contribution in [2.24, 2.45) is 22.2 Å². The lowest BCUT2D eigenvalue weighted by Gasteiger charge is -2.31. The molecule has 0 aliphatic heterocycles. The van der Waals surface area contributed by atoms with E-state index < -0.39 is 0 Å². The standard InChI is InChI=1S/C19H31N/c1-8-16(5)17(11-9-14(2)3)20-18-12-10-15(4)13-19(18,6)7/h9-12,15-16H,8,13H2,1-7H3. The molecule has 0 radical (unpaired) electrons. The first-order valence-electron chi connectivity index (χ1n) is 7.88. The molecular weight excluding hydrogens is 242 g/mol. The van der Waals surface area contributed by atoms with Gasteiger partial charge in [-0.05, 0) is 50.7 Å². The van der Waals surface area contributed by atoms with Gasteiger partial charge in [-0.1, -0.05) is 52.3 Å². The number of hydrogen-bond donors (Lipinski definition) is 0. The molecule has 1 aliphatic carbocycles. The van der Waals surface area contributed by atoms with Crippen LogP contribution < -0.4 is 0 Å². The lowest BCUT2D eigenvalue weighted by Crippen LogP contribution is -2.28. The maximum absolute atomic E-state index is 5.01. The van der Waals surface area contributed by atoms with Gasteiger partial charge in [0.15, 0.2) is 0 Å². The molecule has 2 atom stereocenters. The van der Waals surface area contributed by atoms with Crippen LogP contribution in [0.1, 0.15) is 61.3 Å². The Bertz CT molecular complexity index is 442. The normalized spacial score (nSPS) is 25.6. The summed E-state index contributed by atoms with van der Waals surface area (Å²) in [5.41, 5.74) is 3.92. The first-order valence-corrected chi connectivity index (χ1v) is 7.88. The minimum Gasteiger partial charge on any atom is -0.257 e. The molecule has 0 spiro atoms. The van der Waals surface area contributed by atoms with Gasteiger partial charge in [0.1, 0.15) is 0 Å². The van der Waals surface area contributed by atoms with Gasteiger partial charge in [-0.15, -0.1) is 0 Å². The first-order chi connectivity index (χ1) is 9.26. The second-order valence-electron chi connectivity index (χ2n) is 7.07. The van der Waals surface area contributed by atoms with Crippen molar-refractivity contribution in [1.82, 2.24) is 0 Å². The van der Waals surface area contributed by atoms with Crippen LogP contribution in [0, 0.1) is 17.3 Å². The fourth-order valence-corrected chi connectivity index (χ4v) is 2.56. The highest BCUT2D eigenvalue weighted by molar-refractivity contribution is 6.00. The summed E-state index contributed by atoms with van der Waals surface area (Å²) in [4.78, 5) is 5.01. The molecule has 0 aromatic carbocycles. The van der Waals surface area contributed by atoms with Crippen LogP contribution in [-0.4, -0.2) is 5.71 Å². The minimum atomic E-state index is 0.172. The minimum absolute atomic E-state index is 0.172. The van der Waals surface area contributed by atoms with Crippen LogP contribution in [0.3, 0.4) is 0 Å². The Balaban J connectivity index is 3.16. The largest absolute Gasteiger partial charge is 0.257 e. The van der Waals surface area contributed by atoms with Gasteiger partial charge in [-0.2, -0.15) is 0 Å². The van der Waals surface area contributed by atoms with Crippen LogP contribution in [0.15, 0.2) is 40.6 Å². The van der Waals surface area contributed by atoms with Crippen molar-refractivity contribution in [3.63, 3.8) is 0 Å². The highest BCUT2D eigenvalue weighted by Gasteiger charge is 2.28.